The number of aliphatic carboxylic acids is 1. The van der Waals surface area contributed by atoms with Crippen LogP contribution in [0.2, 0.25) is 0 Å². The van der Waals surface area contributed by atoms with Crippen LogP contribution < -0.4 is 10.6 Å². The normalized spacial score (nSPS) is 21.3. The lowest BCUT2D eigenvalue weighted by atomic mass is 9.76. The molecule has 1 saturated heterocycles. The Morgan fingerprint density at radius 3 is 1.47 bits per heavy atom. The zero-order valence-corrected chi connectivity index (χ0v) is 51.8. The number of pyridine rings is 2. The van der Waals surface area contributed by atoms with E-state index in [2.05, 4.69) is 47.9 Å². The Kier molecular flexibility index (Phi) is 19.8. The molecular formula is C64H78N14O12. The Morgan fingerprint density at radius 2 is 1.08 bits per heavy atom. The van der Waals surface area contributed by atoms with Crippen molar-refractivity contribution in [3.63, 3.8) is 0 Å². The number of rotatable bonds is 19. The van der Waals surface area contributed by atoms with Gasteiger partial charge in [-0.2, -0.15) is 29.4 Å². The molecule has 11 heterocycles. The second-order valence-electron chi connectivity index (χ2n) is 23.3. The van der Waals surface area contributed by atoms with Crippen molar-refractivity contribution in [1.82, 2.24) is 58.7 Å². The number of esters is 1. The summed E-state index contributed by atoms with van der Waals surface area (Å²) in [7, 11) is 8.44. The number of carboxylic acid groups (broad SMARTS) is 1. The standard InChI is InChI=1S/C31H37N7O6.C28H31N7O5.C5H10O/c1-37-13-9-24(36-37)23-5-4-21(18-33-23)22-19-34-38-28(22)35-27(26-25(39)8-12-32-29(26)38)20-6-10-31(11-7-20,44-17-15-42-3)30(40)43-16-14-41-2;1-34-12-8-21(33-34)20-4-3-18(15-30-20)19-16-31-35-25(19)32-24(23-22(36)7-11-29-26(23)35)17-5-9-28(10-6-17,27(37)38)40-14-13-39-2;1-5-3-2-4-6-5/h4-5,9,13,18-20,32H,6-8,10-12,14-17H2,1-3H3;3-4,8,12,15-17,29H,5-7,9-11,13-14H2,1-2H3,(H,37,38);5H,2-4H2,1H3. The minimum atomic E-state index is -1.26. The van der Waals surface area contributed by atoms with Gasteiger partial charge in [0.05, 0.1) is 85.4 Å². The molecule has 3 fully saturated rings. The Morgan fingerprint density at radius 1 is 0.611 bits per heavy atom. The van der Waals surface area contributed by atoms with Crippen molar-refractivity contribution < 1.29 is 57.4 Å². The first-order chi connectivity index (χ1) is 43.7. The van der Waals surface area contributed by atoms with Crippen LogP contribution in [0.4, 0.5) is 11.6 Å². The second kappa shape index (κ2) is 28.2. The van der Waals surface area contributed by atoms with Crippen LogP contribution in [0, 0.1) is 0 Å². The van der Waals surface area contributed by atoms with Crippen molar-refractivity contribution in [2.45, 2.75) is 113 Å². The number of carbonyl (C=O) groups excluding carboxylic acids is 3. The van der Waals surface area contributed by atoms with Crippen molar-refractivity contribution in [3.05, 3.63) is 96.1 Å². The van der Waals surface area contributed by atoms with Gasteiger partial charge >= 0.3 is 11.9 Å². The molecule has 26 heteroatoms. The number of anilines is 2. The first kappa shape index (κ1) is 63.2. The molecule has 3 aliphatic heterocycles. The molecular weight excluding hydrogens is 1160 g/mol. The zero-order valence-electron chi connectivity index (χ0n) is 51.8. The van der Waals surface area contributed by atoms with E-state index in [1.807, 2.05) is 62.9 Å². The van der Waals surface area contributed by atoms with Gasteiger partial charge in [-0.25, -0.2) is 19.6 Å². The predicted octanol–water partition coefficient (Wildman–Crippen LogP) is 7.96. The van der Waals surface area contributed by atoms with Gasteiger partial charge < -0.3 is 48.9 Å². The lowest BCUT2D eigenvalue weighted by Crippen LogP contribution is -2.47. The van der Waals surface area contributed by atoms with Crippen LogP contribution in [0.25, 0.3) is 56.3 Å². The number of carboxylic acids is 1. The largest absolute Gasteiger partial charge is 0.479 e. The minimum Gasteiger partial charge on any atom is -0.479 e. The number of methoxy groups -OCH3 is 3. The lowest BCUT2D eigenvalue weighted by molar-refractivity contribution is -0.181. The second-order valence-corrected chi connectivity index (χ2v) is 23.3. The summed E-state index contributed by atoms with van der Waals surface area (Å²) in [5.41, 5.74) is 7.85. The molecule has 476 valence electrons. The minimum absolute atomic E-state index is 0.0167. The molecule has 5 aliphatic rings. The molecule has 26 nitrogen and oxygen atoms in total. The smallest absolute Gasteiger partial charge is 0.338 e. The number of hydrogen-bond donors (Lipinski definition) is 3. The van der Waals surface area contributed by atoms with Gasteiger partial charge in [0.2, 0.25) is 0 Å². The van der Waals surface area contributed by atoms with Crippen molar-refractivity contribution in [3.8, 4) is 45.0 Å². The van der Waals surface area contributed by atoms with Gasteiger partial charge in [0.1, 0.15) is 29.6 Å². The number of fused-ring (bicyclic) bond motifs is 6. The molecule has 2 saturated carbocycles. The summed E-state index contributed by atoms with van der Waals surface area (Å²) in [4.78, 5) is 71.3. The van der Waals surface area contributed by atoms with Crippen LogP contribution in [0.5, 0.6) is 0 Å². The number of aryl methyl sites for hydroxylation is 2. The van der Waals surface area contributed by atoms with Crippen molar-refractivity contribution in [1.29, 1.82) is 0 Å². The third-order valence-corrected chi connectivity index (χ3v) is 17.4. The van der Waals surface area contributed by atoms with E-state index in [1.165, 1.54) is 12.8 Å². The first-order valence-electron chi connectivity index (χ1n) is 30.8. The Bertz CT molecular complexity index is 3820. The van der Waals surface area contributed by atoms with Crippen LogP contribution in [-0.4, -0.2) is 185 Å². The molecule has 13 rings (SSSR count). The quantitative estimate of drug-likeness (QED) is 0.0511. The zero-order chi connectivity index (χ0) is 62.9. The number of nitrogens with one attached hydrogen (secondary N) is 2. The molecule has 0 spiro atoms. The highest BCUT2D eigenvalue weighted by Gasteiger charge is 2.47. The highest BCUT2D eigenvalue weighted by atomic mass is 16.6. The molecule has 1 atom stereocenters. The summed E-state index contributed by atoms with van der Waals surface area (Å²) in [6, 6.07) is 11.6. The molecule has 1 unspecified atom stereocenters. The Labute approximate surface area is 520 Å². The average molecular weight is 1240 g/mol. The van der Waals surface area contributed by atoms with Gasteiger partial charge in [-0.1, -0.05) is 12.1 Å². The third-order valence-electron chi connectivity index (χ3n) is 17.4. The van der Waals surface area contributed by atoms with Crippen molar-refractivity contribution in [2.24, 2.45) is 14.1 Å². The first-order valence-corrected chi connectivity index (χ1v) is 30.8. The molecule has 2 aliphatic carbocycles. The van der Waals surface area contributed by atoms with E-state index in [-0.39, 0.29) is 43.2 Å². The summed E-state index contributed by atoms with van der Waals surface area (Å²) in [6.07, 6.45) is 18.4. The number of ether oxygens (including phenoxy) is 7. The summed E-state index contributed by atoms with van der Waals surface area (Å²) in [6.45, 7) is 5.78. The van der Waals surface area contributed by atoms with E-state index < -0.39 is 23.1 Å². The SMILES string of the molecule is CC1CCCO1.COCCOC(=O)C1(OCCOC)CCC(c2nc3c(-c4ccc(-c5ccn(C)n5)nc4)cnn3c3c2C(=O)CCN3)CC1.COCCOC1(C(=O)O)CCC(c2nc3c(-c4ccc(-c5ccn(C)n5)nc4)cnn3c3c2C(=O)CCN3)CC1. The lowest BCUT2D eigenvalue weighted by Gasteiger charge is -2.38. The Balaban J connectivity index is 0.000000170. The average Bonchev–Trinajstić information content (AvgIpc) is 1.43. The van der Waals surface area contributed by atoms with Gasteiger partial charge in [0, 0.05) is 127 Å². The van der Waals surface area contributed by atoms with Gasteiger partial charge in [0.15, 0.2) is 34.1 Å². The monoisotopic (exact) mass is 1230 g/mol. The number of aromatic nitrogens is 12. The molecule has 0 radical (unpaired) electrons. The molecule has 3 N–H and O–H groups in total. The molecule has 8 aromatic rings. The summed E-state index contributed by atoms with van der Waals surface area (Å²) in [5, 5.41) is 34.8. The fraction of sp³-hybridized carbons (Fsp3) is 0.500. The van der Waals surface area contributed by atoms with Crippen LogP contribution in [0.1, 0.15) is 128 Å². The molecule has 0 bridgehead atoms. The van der Waals surface area contributed by atoms with Gasteiger partial charge in [-0.15, -0.1) is 0 Å². The van der Waals surface area contributed by atoms with E-state index in [0.717, 1.165) is 57.3 Å². The summed E-state index contributed by atoms with van der Waals surface area (Å²) in [5.74, 6) is -0.178. The van der Waals surface area contributed by atoms with Crippen LogP contribution in [0.15, 0.2) is 73.6 Å². The number of carbonyl (C=O) groups is 4. The maximum Gasteiger partial charge on any atom is 0.338 e. The summed E-state index contributed by atoms with van der Waals surface area (Å²) < 4.78 is 44.8. The topological polar surface area (TPSA) is 299 Å². The van der Waals surface area contributed by atoms with E-state index >= 15 is 0 Å². The van der Waals surface area contributed by atoms with Crippen LogP contribution in [0.3, 0.4) is 0 Å². The summed E-state index contributed by atoms with van der Waals surface area (Å²) >= 11 is 0. The highest BCUT2D eigenvalue weighted by Crippen LogP contribution is 2.46. The van der Waals surface area contributed by atoms with Crippen molar-refractivity contribution >= 4 is 46.4 Å². The number of nitrogens with zero attached hydrogens (tertiary/aromatic N) is 12. The van der Waals surface area contributed by atoms with Gasteiger partial charge in [-0.05, 0) is 95.4 Å². The highest BCUT2D eigenvalue weighted by molar-refractivity contribution is 6.05. The predicted molar refractivity (Wildman–Crippen MR) is 330 cm³/mol. The van der Waals surface area contributed by atoms with Crippen LogP contribution >= 0.6 is 0 Å². The maximum atomic E-state index is 13.3. The van der Waals surface area contributed by atoms with Crippen molar-refractivity contribution in [2.75, 3.05) is 91.3 Å². The Hall–Kier alpha value is -8.40. The van der Waals surface area contributed by atoms with Gasteiger partial charge in [-0.3, -0.25) is 28.9 Å². The van der Waals surface area contributed by atoms with E-state index in [0.29, 0.717) is 143 Å². The van der Waals surface area contributed by atoms with Crippen LogP contribution in [-0.2, 0) is 56.8 Å². The number of Topliss-reactive ketones (excluding diaryl/α,β-unsaturated/α-hetero) is 2. The fourth-order valence-corrected chi connectivity index (χ4v) is 12.5. The van der Waals surface area contributed by atoms with E-state index in [1.54, 1.807) is 64.5 Å². The molecule has 8 aromatic heterocycles. The van der Waals surface area contributed by atoms with E-state index in [4.69, 9.17) is 43.1 Å². The molecule has 90 heavy (non-hydrogen) atoms. The van der Waals surface area contributed by atoms with E-state index in [9.17, 15) is 24.3 Å². The molecule has 0 aromatic carbocycles. The fourth-order valence-electron chi connectivity index (χ4n) is 12.5. The maximum absolute atomic E-state index is 13.3. The number of hydrogen-bond acceptors (Lipinski definition) is 21. The number of ketones is 2. The van der Waals surface area contributed by atoms with Gasteiger partial charge in [0.25, 0.3) is 0 Å². The molecule has 0 amide bonds. The third kappa shape index (κ3) is 13.4.